The Labute approximate surface area is 122 Å². The number of hydrogen-bond acceptors (Lipinski definition) is 3. The van der Waals surface area contributed by atoms with Crippen LogP contribution >= 0.6 is 0 Å². The summed E-state index contributed by atoms with van der Waals surface area (Å²) in [4.78, 5) is -0.760. The van der Waals surface area contributed by atoms with Crippen LogP contribution in [0.5, 0.6) is 0 Å². The molecule has 1 N–H and O–H groups in total. The summed E-state index contributed by atoms with van der Waals surface area (Å²) in [7, 11) is -4.28. The molecule has 0 saturated carbocycles. The standard InChI is InChI=1S/C13H18F3NO3S/c1-10(2)17(8-5-9-18)21(19,20)12-7-4-3-6-11(12)13(14,15)16/h3-4,6-7,10,18H,5,8-9H2,1-2H3. The van der Waals surface area contributed by atoms with Crippen LogP contribution in [0.3, 0.4) is 0 Å². The van der Waals surface area contributed by atoms with E-state index in [2.05, 4.69) is 0 Å². The molecule has 8 heteroatoms. The Kier molecular flexibility index (Phi) is 5.77. The van der Waals surface area contributed by atoms with E-state index in [1.807, 2.05) is 0 Å². The Balaban J connectivity index is 3.36. The molecular weight excluding hydrogens is 307 g/mol. The van der Waals surface area contributed by atoms with Crippen molar-refractivity contribution in [3.8, 4) is 0 Å². The quantitative estimate of drug-likeness (QED) is 0.874. The van der Waals surface area contributed by atoms with E-state index in [0.29, 0.717) is 0 Å². The normalized spacial score (nSPS) is 13.1. The van der Waals surface area contributed by atoms with Gasteiger partial charge in [0.2, 0.25) is 10.0 Å². The van der Waals surface area contributed by atoms with E-state index >= 15 is 0 Å². The molecule has 0 unspecified atom stereocenters. The van der Waals surface area contributed by atoms with Gasteiger partial charge in [-0.3, -0.25) is 0 Å². The zero-order valence-electron chi connectivity index (χ0n) is 11.8. The van der Waals surface area contributed by atoms with E-state index in [1.54, 1.807) is 13.8 Å². The van der Waals surface area contributed by atoms with Crippen LogP contribution in [0.4, 0.5) is 13.2 Å². The third-order valence-corrected chi connectivity index (χ3v) is 5.03. The summed E-state index contributed by atoms with van der Waals surface area (Å²) in [5.41, 5.74) is -1.18. The fourth-order valence-corrected chi connectivity index (χ4v) is 3.82. The molecule has 4 nitrogen and oxygen atoms in total. The molecule has 0 aliphatic carbocycles. The highest BCUT2D eigenvalue weighted by Crippen LogP contribution is 2.35. The fourth-order valence-electron chi connectivity index (χ4n) is 1.93. The van der Waals surface area contributed by atoms with Crippen molar-refractivity contribution in [3.05, 3.63) is 29.8 Å². The number of nitrogens with zero attached hydrogens (tertiary/aromatic N) is 1. The highest BCUT2D eigenvalue weighted by atomic mass is 32.2. The van der Waals surface area contributed by atoms with Gasteiger partial charge in [0, 0.05) is 19.2 Å². The predicted molar refractivity (Wildman–Crippen MR) is 72.2 cm³/mol. The molecule has 0 amide bonds. The van der Waals surface area contributed by atoms with Gasteiger partial charge in [-0.1, -0.05) is 12.1 Å². The lowest BCUT2D eigenvalue weighted by Crippen LogP contribution is -2.38. The van der Waals surface area contributed by atoms with Crippen LogP contribution < -0.4 is 0 Å². The second-order valence-electron chi connectivity index (χ2n) is 4.78. The summed E-state index contributed by atoms with van der Waals surface area (Å²) in [5, 5.41) is 8.82. The molecule has 0 atom stereocenters. The molecule has 0 bridgehead atoms. The predicted octanol–water partition coefficient (Wildman–Crippen LogP) is 2.49. The van der Waals surface area contributed by atoms with Crippen molar-refractivity contribution in [2.24, 2.45) is 0 Å². The van der Waals surface area contributed by atoms with Crippen molar-refractivity contribution in [2.45, 2.75) is 37.4 Å². The van der Waals surface area contributed by atoms with Crippen molar-refractivity contribution in [3.63, 3.8) is 0 Å². The summed E-state index contributed by atoms with van der Waals surface area (Å²) >= 11 is 0. The van der Waals surface area contributed by atoms with Crippen LogP contribution in [0.2, 0.25) is 0 Å². The lowest BCUT2D eigenvalue weighted by Gasteiger charge is -2.27. The van der Waals surface area contributed by atoms with Gasteiger partial charge >= 0.3 is 6.18 Å². The largest absolute Gasteiger partial charge is 0.417 e. The number of aliphatic hydroxyl groups excluding tert-OH is 1. The number of benzene rings is 1. The number of alkyl halides is 3. The second kappa shape index (κ2) is 6.76. The molecule has 1 aromatic rings. The van der Waals surface area contributed by atoms with E-state index in [-0.39, 0.29) is 19.6 Å². The van der Waals surface area contributed by atoms with E-state index < -0.39 is 32.7 Å². The Morgan fingerprint density at radius 2 is 1.81 bits per heavy atom. The molecule has 1 aromatic carbocycles. The molecule has 1 rings (SSSR count). The highest BCUT2D eigenvalue weighted by Gasteiger charge is 2.39. The van der Waals surface area contributed by atoms with Gasteiger partial charge in [0.15, 0.2) is 0 Å². The summed E-state index contributed by atoms with van der Waals surface area (Å²) in [6, 6.07) is 3.59. The lowest BCUT2D eigenvalue weighted by molar-refractivity contribution is -0.139. The SMILES string of the molecule is CC(C)N(CCCO)S(=O)(=O)c1ccccc1C(F)(F)F. The number of halogens is 3. The Hall–Kier alpha value is -1.12. The molecule has 120 valence electrons. The zero-order valence-corrected chi connectivity index (χ0v) is 12.6. The van der Waals surface area contributed by atoms with Crippen LogP contribution in [-0.4, -0.2) is 37.0 Å². The van der Waals surface area contributed by atoms with Gasteiger partial charge in [-0.15, -0.1) is 0 Å². The summed E-state index contributed by atoms with van der Waals surface area (Å²) in [5.74, 6) is 0. The molecule has 0 spiro atoms. The molecular formula is C13H18F3NO3S. The number of sulfonamides is 1. The molecule has 0 aromatic heterocycles. The third kappa shape index (κ3) is 4.18. The number of rotatable bonds is 6. The first kappa shape index (κ1) is 17.9. The van der Waals surface area contributed by atoms with Crippen molar-refractivity contribution in [1.29, 1.82) is 0 Å². The van der Waals surface area contributed by atoms with Crippen LogP contribution in [0.1, 0.15) is 25.8 Å². The van der Waals surface area contributed by atoms with Gasteiger partial charge in [0.25, 0.3) is 0 Å². The van der Waals surface area contributed by atoms with Gasteiger partial charge in [-0.2, -0.15) is 17.5 Å². The van der Waals surface area contributed by atoms with Gasteiger partial charge in [-0.25, -0.2) is 8.42 Å². The average molecular weight is 325 g/mol. The fraction of sp³-hybridized carbons (Fsp3) is 0.538. The van der Waals surface area contributed by atoms with E-state index in [9.17, 15) is 21.6 Å². The first-order valence-corrected chi connectivity index (χ1v) is 7.85. The molecule has 0 heterocycles. The van der Waals surface area contributed by atoms with E-state index in [0.717, 1.165) is 22.5 Å². The maximum atomic E-state index is 13.0. The van der Waals surface area contributed by atoms with Gasteiger partial charge in [0.1, 0.15) is 0 Å². The number of hydrogen-bond donors (Lipinski definition) is 1. The highest BCUT2D eigenvalue weighted by molar-refractivity contribution is 7.89. The van der Waals surface area contributed by atoms with Crippen LogP contribution in [0.15, 0.2) is 29.2 Å². The van der Waals surface area contributed by atoms with Crippen molar-refractivity contribution >= 4 is 10.0 Å². The van der Waals surface area contributed by atoms with Gasteiger partial charge in [0.05, 0.1) is 10.5 Å². The molecule has 0 radical (unpaired) electrons. The topological polar surface area (TPSA) is 57.6 Å². The Morgan fingerprint density at radius 3 is 2.29 bits per heavy atom. The van der Waals surface area contributed by atoms with Gasteiger partial charge < -0.3 is 5.11 Å². The van der Waals surface area contributed by atoms with Gasteiger partial charge in [-0.05, 0) is 32.4 Å². The maximum Gasteiger partial charge on any atom is 0.417 e. The zero-order chi connectivity index (χ0) is 16.3. The van der Waals surface area contributed by atoms with Crippen molar-refractivity contribution < 1.29 is 26.7 Å². The van der Waals surface area contributed by atoms with Crippen LogP contribution in [0.25, 0.3) is 0 Å². The van der Waals surface area contributed by atoms with Crippen molar-refractivity contribution in [1.82, 2.24) is 4.31 Å². The first-order chi connectivity index (χ1) is 9.62. The number of aliphatic hydroxyl groups is 1. The van der Waals surface area contributed by atoms with Crippen LogP contribution in [-0.2, 0) is 16.2 Å². The summed E-state index contributed by atoms with van der Waals surface area (Å²) in [6.07, 6.45) is -4.59. The summed E-state index contributed by atoms with van der Waals surface area (Å²) < 4.78 is 64.9. The smallest absolute Gasteiger partial charge is 0.396 e. The minimum Gasteiger partial charge on any atom is -0.396 e. The minimum atomic E-state index is -4.75. The lowest BCUT2D eigenvalue weighted by atomic mass is 10.2. The first-order valence-electron chi connectivity index (χ1n) is 6.41. The molecule has 0 aliphatic rings. The third-order valence-electron chi connectivity index (χ3n) is 2.89. The molecule has 21 heavy (non-hydrogen) atoms. The Morgan fingerprint density at radius 1 is 1.24 bits per heavy atom. The molecule has 0 aliphatic heterocycles. The van der Waals surface area contributed by atoms with E-state index in [1.165, 1.54) is 6.07 Å². The summed E-state index contributed by atoms with van der Waals surface area (Å²) in [6.45, 7) is 2.87. The molecule has 0 saturated heterocycles. The second-order valence-corrected chi connectivity index (χ2v) is 6.64. The minimum absolute atomic E-state index is 0.0390. The van der Waals surface area contributed by atoms with Crippen molar-refractivity contribution in [2.75, 3.05) is 13.2 Å². The monoisotopic (exact) mass is 325 g/mol. The van der Waals surface area contributed by atoms with E-state index in [4.69, 9.17) is 5.11 Å². The maximum absolute atomic E-state index is 13.0. The average Bonchev–Trinajstić information content (AvgIpc) is 2.37. The van der Waals surface area contributed by atoms with Crippen LogP contribution in [0, 0.1) is 0 Å². The Bertz CT molecular complexity index is 570. The molecule has 0 fully saturated rings.